The number of fused-ring (bicyclic) bond motifs is 1. The number of carboxylic acids is 1. The second-order valence-corrected chi connectivity index (χ2v) is 9.16. The number of halogens is 3. The number of rotatable bonds is 5. The summed E-state index contributed by atoms with van der Waals surface area (Å²) in [5.41, 5.74) is 0.585. The Hall–Kier alpha value is -2.64. The summed E-state index contributed by atoms with van der Waals surface area (Å²) < 4.78 is 60.9. The van der Waals surface area contributed by atoms with Gasteiger partial charge in [0, 0.05) is 35.9 Å². The molecule has 0 radical (unpaired) electrons. The Labute approximate surface area is 195 Å². The van der Waals surface area contributed by atoms with Crippen LogP contribution in [0.15, 0.2) is 26.4 Å². The summed E-state index contributed by atoms with van der Waals surface area (Å²) >= 11 is 0. The van der Waals surface area contributed by atoms with Crippen LogP contribution in [-0.4, -0.2) is 77.7 Å². The molecule has 2 N–H and O–H groups in total. The number of carboxylic acid groups (broad SMARTS) is 1. The van der Waals surface area contributed by atoms with Gasteiger partial charge in [0.1, 0.15) is 16.9 Å². The van der Waals surface area contributed by atoms with Crippen LogP contribution in [0.2, 0.25) is 0 Å². The van der Waals surface area contributed by atoms with Crippen molar-refractivity contribution in [2.24, 2.45) is 0 Å². The molecule has 190 valence electrons. The second kappa shape index (κ2) is 11.2. The molecule has 0 saturated carbocycles. The van der Waals surface area contributed by atoms with E-state index >= 15 is 0 Å². The van der Waals surface area contributed by atoms with Crippen LogP contribution in [0.25, 0.3) is 11.0 Å². The Balaban J connectivity index is 0.000000509. The maximum absolute atomic E-state index is 12.8. The smallest absolute Gasteiger partial charge is 0.490 e. The van der Waals surface area contributed by atoms with Gasteiger partial charge in [0.15, 0.2) is 16.1 Å². The molecule has 2 aromatic rings. The van der Waals surface area contributed by atoms with Crippen molar-refractivity contribution < 1.29 is 46.3 Å². The van der Waals surface area contributed by atoms with Crippen molar-refractivity contribution in [1.29, 1.82) is 0 Å². The van der Waals surface area contributed by atoms with E-state index in [9.17, 15) is 27.3 Å². The molecule has 1 aromatic carbocycles. The number of aliphatic hydroxyl groups is 1. The number of benzene rings is 1. The zero-order valence-electron chi connectivity index (χ0n) is 19.0. The van der Waals surface area contributed by atoms with Crippen LogP contribution in [0, 0.1) is 0 Å². The topological polar surface area (TPSA) is 127 Å². The molecule has 0 bridgehead atoms. The summed E-state index contributed by atoms with van der Waals surface area (Å²) in [5, 5.41) is 18.2. The van der Waals surface area contributed by atoms with Gasteiger partial charge in [-0.2, -0.15) is 13.2 Å². The van der Waals surface area contributed by atoms with E-state index in [0.717, 1.165) is 6.54 Å². The first kappa shape index (κ1) is 27.6. The highest BCUT2D eigenvalue weighted by molar-refractivity contribution is 7.84. The lowest BCUT2D eigenvalue weighted by Gasteiger charge is -2.34. The maximum atomic E-state index is 12.8. The van der Waals surface area contributed by atoms with Gasteiger partial charge < -0.3 is 29.0 Å². The van der Waals surface area contributed by atoms with Crippen molar-refractivity contribution in [2.45, 2.75) is 36.6 Å². The zero-order valence-corrected chi connectivity index (χ0v) is 19.8. The van der Waals surface area contributed by atoms with Gasteiger partial charge in [-0.25, -0.2) is 4.79 Å². The molecule has 1 unspecified atom stereocenters. The fourth-order valence-electron chi connectivity index (χ4n) is 3.64. The summed E-state index contributed by atoms with van der Waals surface area (Å²) in [6.45, 7) is 3.06. The summed E-state index contributed by atoms with van der Waals surface area (Å²) in [7, 11) is 3.52. The van der Waals surface area contributed by atoms with Crippen molar-refractivity contribution in [2.75, 3.05) is 40.1 Å². The number of aliphatic hydroxyl groups excluding tert-OH is 1. The highest BCUT2D eigenvalue weighted by Crippen LogP contribution is 2.42. The van der Waals surface area contributed by atoms with Crippen molar-refractivity contribution >= 4 is 27.7 Å². The molecule has 3 rings (SSSR count). The summed E-state index contributed by atoms with van der Waals surface area (Å²) in [5.74, 6) is -1.88. The maximum Gasteiger partial charge on any atom is 0.490 e. The van der Waals surface area contributed by atoms with Gasteiger partial charge in [-0.3, -0.25) is 9.00 Å². The van der Waals surface area contributed by atoms with E-state index in [-0.39, 0.29) is 27.4 Å². The van der Waals surface area contributed by atoms with Crippen LogP contribution in [-0.2, 0) is 15.6 Å². The molecule has 1 fully saturated rings. The molecular formula is C21H26F3NO8S. The first-order chi connectivity index (χ1) is 15.8. The minimum Gasteiger partial charge on any atom is -0.496 e. The number of likely N-dealkylation sites (tertiary alicyclic amines) is 1. The molecule has 0 aliphatic carbocycles. The predicted octanol–water partition coefficient (Wildman–Crippen LogP) is 2.35. The summed E-state index contributed by atoms with van der Waals surface area (Å²) in [6.07, 6.45) is -5.04. The molecule has 2 heterocycles. The quantitative estimate of drug-likeness (QED) is 0.625. The third kappa shape index (κ3) is 6.07. The molecule has 0 spiro atoms. The molecule has 1 saturated heterocycles. The summed E-state index contributed by atoms with van der Waals surface area (Å²) in [4.78, 5) is 23.7. The van der Waals surface area contributed by atoms with Crippen LogP contribution < -0.4 is 14.9 Å². The van der Waals surface area contributed by atoms with Crippen LogP contribution in [0.3, 0.4) is 0 Å². The second-order valence-electron chi connectivity index (χ2n) is 7.49. The van der Waals surface area contributed by atoms with Crippen LogP contribution in [0.4, 0.5) is 13.2 Å². The molecule has 1 aliphatic heterocycles. The number of alkyl halides is 3. The molecule has 34 heavy (non-hydrogen) atoms. The monoisotopic (exact) mass is 509 g/mol. The minimum absolute atomic E-state index is 0.119. The van der Waals surface area contributed by atoms with Gasteiger partial charge in [-0.05, 0) is 20.0 Å². The van der Waals surface area contributed by atoms with Gasteiger partial charge in [-0.1, -0.05) is 6.92 Å². The van der Waals surface area contributed by atoms with E-state index < -0.39 is 29.0 Å². The molecule has 0 amide bonds. The Morgan fingerprint density at radius 2 is 1.85 bits per heavy atom. The Morgan fingerprint density at radius 3 is 2.32 bits per heavy atom. The lowest BCUT2D eigenvalue weighted by atomic mass is 9.85. The van der Waals surface area contributed by atoms with Gasteiger partial charge in [0.25, 0.3) is 0 Å². The average Bonchev–Trinajstić information content (AvgIpc) is 2.77. The minimum atomic E-state index is -5.08. The molecule has 9 nitrogen and oxygen atoms in total. The van der Waals surface area contributed by atoms with E-state index in [1.165, 1.54) is 20.3 Å². The van der Waals surface area contributed by atoms with Gasteiger partial charge in [0.2, 0.25) is 0 Å². The number of methoxy groups -OCH3 is 2. The highest BCUT2D eigenvalue weighted by atomic mass is 32.2. The SMILES string of the molecule is CCS(=O)c1cc(=O)c2c(OC)cc(OC)c([C@@H]3CCN(C)C[C@@H]3O)c2o1.O=C(O)C(F)(F)F. The number of likely N-dealkylation sites (N-methyl/N-ethyl adjacent to an activating group) is 1. The van der Waals surface area contributed by atoms with E-state index in [1.807, 2.05) is 11.9 Å². The number of hydrogen-bond donors (Lipinski definition) is 2. The molecule has 1 aliphatic rings. The lowest BCUT2D eigenvalue weighted by Crippen LogP contribution is -2.40. The number of β-amino-alcohol motifs (C(OH)–C–C–N with tert-alkyl or cyclic N) is 1. The molecule has 3 atom stereocenters. The van der Waals surface area contributed by atoms with Gasteiger partial charge in [-0.15, -0.1) is 0 Å². The molecule has 13 heteroatoms. The average molecular weight is 509 g/mol. The Morgan fingerprint density at radius 1 is 1.26 bits per heavy atom. The zero-order chi connectivity index (χ0) is 25.8. The largest absolute Gasteiger partial charge is 0.496 e. The van der Waals surface area contributed by atoms with E-state index in [0.29, 0.717) is 35.8 Å². The number of carbonyl (C=O) groups is 1. The summed E-state index contributed by atoms with van der Waals surface area (Å²) in [6, 6.07) is 2.90. The molecular weight excluding hydrogens is 483 g/mol. The van der Waals surface area contributed by atoms with Crippen molar-refractivity contribution in [3.05, 3.63) is 27.9 Å². The Bertz CT molecular complexity index is 1120. The van der Waals surface area contributed by atoms with Crippen molar-refractivity contribution in [1.82, 2.24) is 4.90 Å². The van der Waals surface area contributed by atoms with E-state index in [4.69, 9.17) is 23.8 Å². The van der Waals surface area contributed by atoms with Crippen LogP contribution in [0.1, 0.15) is 24.8 Å². The number of piperidine rings is 1. The molecule has 1 aromatic heterocycles. The Kier molecular flexibility index (Phi) is 9.08. The van der Waals surface area contributed by atoms with Gasteiger partial charge in [0.05, 0.1) is 31.1 Å². The lowest BCUT2D eigenvalue weighted by molar-refractivity contribution is -0.192. The third-order valence-electron chi connectivity index (χ3n) is 5.27. The predicted molar refractivity (Wildman–Crippen MR) is 117 cm³/mol. The standard InChI is InChI=1S/C19H25NO6S.C2HF3O2/c1-5-27(23)16-8-12(21)18-15(25-4)9-14(24-3)17(19(18)26-16)11-6-7-20(2)10-13(11)22;3-2(4,5)1(6)7/h8-9,11,13,22H,5-7,10H2,1-4H3;(H,6,7)/t11-,13+,27?;/m1./s1. The number of ether oxygens (including phenoxy) is 2. The van der Waals surface area contributed by atoms with Crippen LogP contribution in [0.5, 0.6) is 11.5 Å². The highest BCUT2D eigenvalue weighted by Gasteiger charge is 2.38. The third-order valence-corrected chi connectivity index (χ3v) is 6.44. The van der Waals surface area contributed by atoms with Gasteiger partial charge >= 0.3 is 12.1 Å². The number of nitrogens with zero attached hydrogens (tertiary/aromatic N) is 1. The van der Waals surface area contributed by atoms with E-state index in [2.05, 4.69) is 0 Å². The fraction of sp³-hybridized carbons (Fsp3) is 0.524. The number of aliphatic carboxylic acids is 1. The first-order valence-electron chi connectivity index (χ1n) is 10.1. The number of hydrogen-bond acceptors (Lipinski definition) is 8. The van der Waals surface area contributed by atoms with Crippen molar-refractivity contribution in [3.8, 4) is 11.5 Å². The normalized spacial score (nSPS) is 19.8. The van der Waals surface area contributed by atoms with Crippen molar-refractivity contribution in [3.63, 3.8) is 0 Å². The fourth-order valence-corrected chi connectivity index (χ4v) is 4.34. The van der Waals surface area contributed by atoms with Crippen LogP contribution >= 0.6 is 0 Å². The van der Waals surface area contributed by atoms with E-state index in [1.54, 1.807) is 13.0 Å². The first-order valence-corrected chi connectivity index (χ1v) is 11.4.